The van der Waals surface area contributed by atoms with Gasteiger partial charge in [-0.2, -0.15) is 0 Å². The number of carbonyl (C=O) groups is 1. The summed E-state index contributed by atoms with van der Waals surface area (Å²) in [7, 11) is 0. The fraction of sp³-hybridized carbons (Fsp3) is 0.0833. The molecule has 4 N–H and O–H groups in total. The Morgan fingerprint density at radius 2 is 2.12 bits per heavy atom. The van der Waals surface area contributed by atoms with Crippen LogP contribution in [0.3, 0.4) is 0 Å². The van der Waals surface area contributed by atoms with E-state index in [2.05, 4.69) is 5.92 Å². The van der Waals surface area contributed by atoms with Gasteiger partial charge < -0.3 is 15.9 Å². The van der Waals surface area contributed by atoms with Crippen molar-refractivity contribution in [3.05, 3.63) is 29.3 Å². The van der Waals surface area contributed by atoms with Gasteiger partial charge in [0.05, 0.1) is 0 Å². The summed E-state index contributed by atoms with van der Waals surface area (Å²) < 4.78 is 0. The Morgan fingerprint density at radius 3 is 2.62 bits per heavy atom. The molecule has 0 saturated carbocycles. The zero-order chi connectivity index (χ0) is 12.1. The minimum atomic E-state index is -0.606. The lowest BCUT2D eigenvalue weighted by Gasteiger charge is -2.01. The second kappa shape index (κ2) is 4.89. The lowest BCUT2D eigenvalue weighted by atomic mass is 10.1. The Kier molecular flexibility index (Phi) is 3.57. The minimum absolute atomic E-state index is 0.122. The van der Waals surface area contributed by atoms with Gasteiger partial charge in [0.2, 0.25) is 5.91 Å². The molecule has 0 atom stereocenters. The number of amides is 1. The summed E-state index contributed by atoms with van der Waals surface area (Å²) in [6.07, 6.45) is 6.68. The lowest BCUT2D eigenvalue weighted by molar-refractivity contribution is -0.114. The normalized spacial score (nSPS) is 10.8. The van der Waals surface area contributed by atoms with Gasteiger partial charge in [-0.05, 0) is 23.8 Å². The molecule has 0 aromatic heterocycles. The molecule has 0 aliphatic carbocycles. The number of terminal acetylenes is 1. The molecule has 4 nitrogen and oxygen atoms in total. The Labute approximate surface area is 93.0 Å². The van der Waals surface area contributed by atoms with Crippen LogP contribution in [0.25, 0.3) is 6.08 Å². The van der Waals surface area contributed by atoms with Crippen LogP contribution in [0, 0.1) is 12.3 Å². The Balaban J connectivity index is 3.09. The lowest BCUT2D eigenvalue weighted by Crippen LogP contribution is -2.13. The first-order chi connectivity index (χ1) is 7.54. The molecule has 16 heavy (non-hydrogen) atoms. The minimum Gasteiger partial charge on any atom is -0.504 e. The molecule has 4 heteroatoms. The third-order valence-corrected chi connectivity index (χ3v) is 1.95. The van der Waals surface area contributed by atoms with E-state index in [1.807, 2.05) is 0 Å². The highest BCUT2D eigenvalue weighted by Crippen LogP contribution is 2.26. The number of primary amides is 1. The van der Waals surface area contributed by atoms with Gasteiger partial charge in [-0.1, -0.05) is 6.07 Å². The second-order valence-electron chi connectivity index (χ2n) is 3.16. The van der Waals surface area contributed by atoms with E-state index in [0.717, 1.165) is 0 Å². The molecule has 0 aliphatic heterocycles. The number of rotatable bonds is 3. The Morgan fingerprint density at radius 1 is 1.44 bits per heavy atom. The molecule has 0 spiro atoms. The second-order valence-corrected chi connectivity index (χ2v) is 3.16. The van der Waals surface area contributed by atoms with Crippen LogP contribution < -0.4 is 5.73 Å². The average Bonchev–Trinajstić information content (AvgIpc) is 2.22. The molecule has 82 valence electrons. The van der Waals surface area contributed by atoms with Crippen molar-refractivity contribution in [1.82, 2.24) is 0 Å². The number of hydrogen-bond donors (Lipinski definition) is 3. The number of benzene rings is 1. The Bertz CT molecular complexity index is 484. The van der Waals surface area contributed by atoms with Crippen LogP contribution in [0.4, 0.5) is 0 Å². The van der Waals surface area contributed by atoms with Gasteiger partial charge in [-0.25, -0.2) is 0 Å². The van der Waals surface area contributed by atoms with Crippen LogP contribution in [-0.4, -0.2) is 16.1 Å². The first-order valence-electron chi connectivity index (χ1n) is 4.50. The number of carbonyl (C=O) groups excluding carboxylic acids is 1. The SMILES string of the molecule is C#CC/C(=C\c1ccc(O)c(O)c1)C(N)=O. The third-order valence-electron chi connectivity index (χ3n) is 1.95. The molecule has 0 heterocycles. The van der Waals surface area contributed by atoms with Crippen LogP contribution in [0.2, 0.25) is 0 Å². The predicted octanol–water partition coefficient (Wildman–Crippen LogP) is 0.990. The van der Waals surface area contributed by atoms with Crippen molar-refractivity contribution in [2.45, 2.75) is 6.42 Å². The van der Waals surface area contributed by atoms with Crippen LogP contribution in [-0.2, 0) is 4.79 Å². The highest BCUT2D eigenvalue weighted by molar-refractivity contribution is 5.97. The van der Waals surface area contributed by atoms with Gasteiger partial charge in [0.1, 0.15) is 0 Å². The van der Waals surface area contributed by atoms with Crippen molar-refractivity contribution < 1.29 is 15.0 Å². The predicted molar refractivity (Wildman–Crippen MR) is 60.4 cm³/mol. The van der Waals surface area contributed by atoms with E-state index in [1.54, 1.807) is 0 Å². The summed E-state index contributed by atoms with van der Waals surface area (Å²) in [6, 6.07) is 4.17. The molecule has 0 fully saturated rings. The van der Waals surface area contributed by atoms with E-state index in [0.29, 0.717) is 5.56 Å². The van der Waals surface area contributed by atoms with Crippen LogP contribution in [0.1, 0.15) is 12.0 Å². The molecular weight excluding hydrogens is 206 g/mol. The van der Waals surface area contributed by atoms with Gasteiger partial charge in [-0.15, -0.1) is 12.3 Å². The van der Waals surface area contributed by atoms with E-state index in [9.17, 15) is 9.90 Å². The maximum Gasteiger partial charge on any atom is 0.245 e. The molecule has 1 aromatic rings. The van der Waals surface area contributed by atoms with Crippen LogP contribution in [0.5, 0.6) is 11.5 Å². The fourth-order valence-corrected chi connectivity index (χ4v) is 1.15. The molecule has 0 bridgehead atoms. The fourth-order valence-electron chi connectivity index (χ4n) is 1.15. The quantitative estimate of drug-likeness (QED) is 0.401. The van der Waals surface area contributed by atoms with Crippen molar-refractivity contribution >= 4 is 12.0 Å². The smallest absolute Gasteiger partial charge is 0.245 e. The number of nitrogens with two attached hydrogens (primary N) is 1. The highest BCUT2D eigenvalue weighted by atomic mass is 16.3. The monoisotopic (exact) mass is 217 g/mol. The number of phenols is 2. The zero-order valence-corrected chi connectivity index (χ0v) is 8.47. The molecule has 1 rings (SSSR count). The number of hydrogen-bond acceptors (Lipinski definition) is 3. The van der Waals surface area contributed by atoms with Gasteiger partial charge in [-0.3, -0.25) is 4.79 Å². The molecular formula is C12H11NO3. The molecule has 1 aromatic carbocycles. The van der Waals surface area contributed by atoms with Crippen molar-refractivity contribution in [3.8, 4) is 23.8 Å². The maximum atomic E-state index is 11.0. The van der Waals surface area contributed by atoms with Gasteiger partial charge in [0, 0.05) is 12.0 Å². The first kappa shape index (κ1) is 11.7. The third kappa shape index (κ3) is 2.79. The van der Waals surface area contributed by atoms with E-state index in [1.165, 1.54) is 24.3 Å². The van der Waals surface area contributed by atoms with Crippen molar-refractivity contribution in [1.29, 1.82) is 0 Å². The van der Waals surface area contributed by atoms with Crippen LogP contribution in [0.15, 0.2) is 23.8 Å². The summed E-state index contributed by atoms with van der Waals surface area (Å²) in [5.41, 5.74) is 5.94. The van der Waals surface area contributed by atoms with Crippen LogP contribution >= 0.6 is 0 Å². The first-order valence-corrected chi connectivity index (χ1v) is 4.50. The summed E-state index contributed by atoms with van der Waals surface area (Å²) >= 11 is 0. The maximum absolute atomic E-state index is 11.0. The largest absolute Gasteiger partial charge is 0.504 e. The van der Waals surface area contributed by atoms with Gasteiger partial charge in [0.25, 0.3) is 0 Å². The molecule has 0 saturated heterocycles. The van der Waals surface area contributed by atoms with Crippen molar-refractivity contribution in [2.75, 3.05) is 0 Å². The molecule has 0 aliphatic rings. The van der Waals surface area contributed by atoms with Crippen molar-refractivity contribution in [3.63, 3.8) is 0 Å². The van der Waals surface area contributed by atoms with Gasteiger partial charge >= 0.3 is 0 Å². The highest BCUT2D eigenvalue weighted by Gasteiger charge is 2.04. The van der Waals surface area contributed by atoms with Crippen molar-refractivity contribution in [2.24, 2.45) is 5.73 Å². The van der Waals surface area contributed by atoms with E-state index in [4.69, 9.17) is 17.3 Å². The average molecular weight is 217 g/mol. The summed E-state index contributed by atoms with van der Waals surface area (Å²) in [4.78, 5) is 11.0. The van der Waals surface area contributed by atoms with E-state index < -0.39 is 5.91 Å². The Hall–Kier alpha value is -2.41. The van der Waals surface area contributed by atoms with Gasteiger partial charge in [0.15, 0.2) is 11.5 Å². The number of phenolic OH excluding ortho intramolecular Hbond substituents is 2. The molecule has 0 radical (unpaired) electrons. The van der Waals surface area contributed by atoms with E-state index >= 15 is 0 Å². The standard InChI is InChI=1S/C12H11NO3/c1-2-3-9(12(13)16)6-8-4-5-10(14)11(15)7-8/h1,4-7,14-15H,3H2,(H2,13,16)/b9-6+. The topological polar surface area (TPSA) is 83.6 Å². The molecule has 1 amide bonds. The summed E-state index contributed by atoms with van der Waals surface area (Å²) in [5, 5.41) is 18.3. The summed E-state index contributed by atoms with van der Waals surface area (Å²) in [5.74, 6) is 1.22. The van der Waals surface area contributed by atoms with E-state index in [-0.39, 0.29) is 23.5 Å². The number of aromatic hydroxyl groups is 2. The zero-order valence-electron chi connectivity index (χ0n) is 8.47. The molecule has 0 unspecified atom stereocenters. The summed E-state index contributed by atoms with van der Waals surface area (Å²) in [6.45, 7) is 0.